The Kier molecular flexibility index (Phi) is 6.22. The summed E-state index contributed by atoms with van der Waals surface area (Å²) < 4.78 is 106. The minimum absolute atomic E-state index is 0.290. The first-order chi connectivity index (χ1) is 8.71. The standard InChI is InChI=1S/C6H12F3O8PS2/c1-4-16-18(10,15-2)5(17-19(3,11)12)20(13,14)6(7,8)9/h5H,4H2,1-3H3. The molecule has 0 bridgehead atoms. The van der Waals surface area contributed by atoms with Gasteiger partial charge in [-0.15, -0.1) is 0 Å². The average Bonchev–Trinajstić information content (AvgIpc) is 2.23. The molecule has 0 N–H and O–H groups in total. The molecule has 2 atom stereocenters. The van der Waals surface area contributed by atoms with Gasteiger partial charge < -0.3 is 9.05 Å². The van der Waals surface area contributed by atoms with Crippen LogP contribution in [0.4, 0.5) is 13.2 Å². The molecule has 0 aromatic rings. The number of hydrogen-bond donors (Lipinski definition) is 0. The van der Waals surface area contributed by atoms with Crippen LogP contribution >= 0.6 is 7.60 Å². The zero-order valence-electron chi connectivity index (χ0n) is 10.4. The summed E-state index contributed by atoms with van der Waals surface area (Å²) in [5.74, 6) is 0. The molecule has 0 heterocycles. The highest BCUT2D eigenvalue weighted by Gasteiger charge is 2.60. The fourth-order valence-electron chi connectivity index (χ4n) is 0.918. The van der Waals surface area contributed by atoms with Crippen molar-refractivity contribution >= 4 is 27.6 Å². The van der Waals surface area contributed by atoms with E-state index >= 15 is 0 Å². The topological polar surface area (TPSA) is 113 Å². The smallest absolute Gasteiger partial charge is 0.309 e. The summed E-state index contributed by atoms with van der Waals surface area (Å²) in [4.78, 5) is 0. The van der Waals surface area contributed by atoms with Crippen molar-refractivity contribution in [3.05, 3.63) is 0 Å². The van der Waals surface area contributed by atoms with Gasteiger partial charge >= 0.3 is 13.1 Å². The van der Waals surface area contributed by atoms with Gasteiger partial charge in [0.25, 0.3) is 25.1 Å². The van der Waals surface area contributed by atoms with Crippen LogP contribution in [0.2, 0.25) is 0 Å². The zero-order valence-corrected chi connectivity index (χ0v) is 13.0. The highest BCUT2D eigenvalue weighted by atomic mass is 32.2. The molecule has 122 valence electrons. The maximum atomic E-state index is 12.5. The Labute approximate surface area is 113 Å². The van der Waals surface area contributed by atoms with Crippen LogP contribution in [-0.4, -0.2) is 47.5 Å². The first-order valence-corrected chi connectivity index (χ1v) is 9.67. The van der Waals surface area contributed by atoms with E-state index in [2.05, 4.69) is 13.2 Å². The van der Waals surface area contributed by atoms with Gasteiger partial charge in [-0.05, 0) is 6.92 Å². The molecule has 0 spiro atoms. The monoisotopic (exact) mass is 364 g/mol. The van der Waals surface area contributed by atoms with Gasteiger partial charge in [0.05, 0.1) is 12.9 Å². The van der Waals surface area contributed by atoms with Gasteiger partial charge in [-0.25, -0.2) is 12.6 Å². The predicted molar refractivity (Wildman–Crippen MR) is 60.9 cm³/mol. The van der Waals surface area contributed by atoms with E-state index in [1.165, 1.54) is 6.92 Å². The van der Waals surface area contributed by atoms with E-state index in [0.717, 1.165) is 0 Å². The number of sulfone groups is 1. The third-order valence-corrected chi connectivity index (χ3v) is 7.10. The average molecular weight is 364 g/mol. The molecule has 0 aliphatic rings. The summed E-state index contributed by atoms with van der Waals surface area (Å²) in [5.41, 5.74) is -5.91. The number of rotatable bonds is 7. The fourth-order valence-corrected chi connectivity index (χ4v) is 6.10. The third-order valence-electron chi connectivity index (χ3n) is 1.67. The summed E-state index contributed by atoms with van der Waals surface area (Å²) in [7, 11) is -15.4. The molecule has 0 aliphatic carbocycles. The van der Waals surface area contributed by atoms with Gasteiger partial charge in [0.1, 0.15) is 0 Å². The van der Waals surface area contributed by atoms with E-state index in [1.807, 2.05) is 0 Å². The van der Waals surface area contributed by atoms with E-state index in [0.29, 0.717) is 7.11 Å². The van der Waals surface area contributed by atoms with E-state index in [9.17, 15) is 34.6 Å². The Morgan fingerprint density at radius 3 is 1.90 bits per heavy atom. The maximum absolute atomic E-state index is 12.5. The molecule has 0 saturated heterocycles. The Balaban J connectivity index is 6.07. The van der Waals surface area contributed by atoms with Crippen molar-refractivity contribution in [2.45, 2.75) is 17.6 Å². The lowest BCUT2D eigenvalue weighted by atomic mass is 10.9. The second kappa shape index (κ2) is 6.28. The normalized spacial score (nSPS) is 18.5. The molecule has 0 radical (unpaired) electrons. The Morgan fingerprint density at radius 2 is 1.65 bits per heavy atom. The van der Waals surface area contributed by atoms with Gasteiger partial charge in [-0.1, -0.05) is 0 Å². The minimum Gasteiger partial charge on any atom is -0.309 e. The van der Waals surface area contributed by atoms with Crippen molar-refractivity contribution in [3.8, 4) is 0 Å². The molecule has 0 aromatic heterocycles. The molecular formula is C6H12F3O8PS2. The summed E-state index contributed by atoms with van der Waals surface area (Å²) in [5, 5.41) is -3.37. The zero-order chi connectivity index (χ0) is 16.4. The number of halogens is 3. The SMILES string of the molecule is CCOP(=O)(OC)C(OS(C)(=O)=O)S(=O)(=O)C(F)(F)F. The van der Waals surface area contributed by atoms with Crippen LogP contribution in [0.3, 0.4) is 0 Å². The lowest BCUT2D eigenvalue weighted by Gasteiger charge is -2.24. The van der Waals surface area contributed by atoms with Gasteiger partial charge in [0.15, 0.2) is 0 Å². The van der Waals surface area contributed by atoms with Crippen LogP contribution in [0.1, 0.15) is 6.92 Å². The Hall–Kier alpha value is -0.200. The summed E-state index contributed by atoms with van der Waals surface area (Å²) >= 11 is 0. The molecule has 0 aromatic carbocycles. The predicted octanol–water partition coefficient (Wildman–Crippen LogP) is 1.06. The molecular weight excluding hydrogens is 352 g/mol. The van der Waals surface area contributed by atoms with Gasteiger partial charge in [0.2, 0.25) is 0 Å². The van der Waals surface area contributed by atoms with Crippen molar-refractivity contribution in [1.29, 1.82) is 0 Å². The van der Waals surface area contributed by atoms with Gasteiger partial charge in [0, 0.05) is 7.11 Å². The molecule has 14 heteroatoms. The van der Waals surface area contributed by atoms with E-state index in [1.54, 1.807) is 0 Å². The lowest BCUT2D eigenvalue weighted by Crippen LogP contribution is -2.38. The highest BCUT2D eigenvalue weighted by Crippen LogP contribution is 2.57. The maximum Gasteiger partial charge on any atom is 0.500 e. The van der Waals surface area contributed by atoms with Crippen LogP contribution in [0.15, 0.2) is 0 Å². The van der Waals surface area contributed by atoms with Crippen LogP contribution < -0.4 is 0 Å². The third kappa shape index (κ3) is 4.67. The molecule has 0 saturated carbocycles. The highest BCUT2D eigenvalue weighted by molar-refractivity contribution is 8.00. The summed E-state index contributed by atoms with van der Waals surface area (Å²) in [6, 6.07) is 0. The van der Waals surface area contributed by atoms with Gasteiger partial charge in [-0.3, -0.25) is 4.57 Å². The first kappa shape index (κ1) is 19.8. The van der Waals surface area contributed by atoms with Crippen LogP contribution in [0.25, 0.3) is 0 Å². The molecule has 20 heavy (non-hydrogen) atoms. The number of alkyl halides is 3. The van der Waals surface area contributed by atoms with Crippen molar-refractivity contribution in [2.75, 3.05) is 20.0 Å². The van der Waals surface area contributed by atoms with Crippen LogP contribution in [-0.2, 0) is 37.8 Å². The van der Waals surface area contributed by atoms with Crippen LogP contribution in [0, 0.1) is 0 Å². The molecule has 0 rings (SSSR count). The molecule has 0 amide bonds. The van der Waals surface area contributed by atoms with E-state index in [4.69, 9.17) is 0 Å². The van der Waals surface area contributed by atoms with Gasteiger partial charge in [-0.2, -0.15) is 21.6 Å². The van der Waals surface area contributed by atoms with Crippen molar-refractivity contribution in [2.24, 2.45) is 0 Å². The minimum atomic E-state index is -6.28. The van der Waals surface area contributed by atoms with Crippen molar-refractivity contribution in [3.63, 3.8) is 0 Å². The van der Waals surface area contributed by atoms with Crippen molar-refractivity contribution < 1.29 is 47.8 Å². The van der Waals surface area contributed by atoms with Crippen LogP contribution in [0.5, 0.6) is 0 Å². The molecule has 0 fully saturated rings. The lowest BCUT2D eigenvalue weighted by molar-refractivity contribution is -0.0459. The Morgan fingerprint density at radius 1 is 1.20 bits per heavy atom. The second-order valence-electron chi connectivity index (χ2n) is 3.24. The quantitative estimate of drug-likeness (QED) is 0.487. The van der Waals surface area contributed by atoms with Crippen molar-refractivity contribution in [1.82, 2.24) is 0 Å². The Bertz CT molecular complexity index is 580. The van der Waals surface area contributed by atoms with E-state index in [-0.39, 0.29) is 6.26 Å². The first-order valence-electron chi connectivity index (χ1n) is 4.69. The molecule has 0 aliphatic heterocycles. The second-order valence-corrected chi connectivity index (χ2v) is 9.34. The summed E-state index contributed by atoms with van der Waals surface area (Å²) in [6.45, 7) is 0.686. The fraction of sp³-hybridized carbons (Fsp3) is 1.00. The molecule has 8 nitrogen and oxygen atoms in total. The largest absolute Gasteiger partial charge is 0.500 e. The summed E-state index contributed by atoms with van der Waals surface area (Å²) in [6.07, 6.45) is 0.290. The number of hydrogen-bond acceptors (Lipinski definition) is 8. The molecule has 2 unspecified atom stereocenters. The van der Waals surface area contributed by atoms with E-state index < -0.39 is 44.8 Å².